The summed E-state index contributed by atoms with van der Waals surface area (Å²) < 4.78 is 23.3. The van der Waals surface area contributed by atoms with E-state index in [0.717, 1.165) is 0 Å². The minimum absolute atomic E-state index is 0.0545. The van der Waals surface area contributed by atoms with Crippen LogP contribution < -0.4 is 0 Å². The molecular formula is C15H24O6. The molecule has 0 spiro atoms. The topological polar surface area (TPSA) is 74.2 Å². The molecule has 0 aromatic heterocycles. The van der Waals surface area contributed by atoms with Crippen molar-refractivity contribution in [2.24, 2.45) is 5.92 Å². The van der Waals surface area contributed by atoms with Crippen LogP contribution in [-0.4, -0.2) is 47.6 Å². The molecule has 0 aromatic carbocycles. The highest BCUT2D eigenvalue weighted by atomic mass is 16.8. The molecule has 0 aromatic rings. The Bertz CT molecular complexity index is 416. The summed E-state index contributed by atoms with van der Waals surface area (Å²) in [6, 6.07) is 0. The Balaban J connectivity index is 2.16. The molecule has 0 saturated carbocycles. The Kier molecular flexibility index (Phi) is 4.44. The van der Waals surface area contributed by atoms with E-state index in [0.29, 0.717) is 6.61 Å². The lowest BCUT2D eigenvalue weighted by Crippen LogP contribution is -2.41. The van der Waals surface area contributed by atoms with Crippen LogP contribution >= 0.6 is 0 Å². The van der Waals surface area contributed by atoms with Crippen molar-refractivity contribution in [2.75, 3.05) is 6.61 Å². The molecule has 2 heterocycles. The fourth-order valence-corrected chi connectivity index (χ4v) is 2.85. The van der Waals surface area contributed by atoms with Crippen LogP contribution in [0.15, 0.2) is 12.7 Å². The third kappa shape index (κ3) is 3.83. The van der Waals surface area contributed by atoms with E-state index in [-0.39, 0.29) is 24.5 Å². The third-order valence-electron chi connectivity index (χ3n) is 3.70. The van der Waals surface area contributed by atoms with Crippen molar-refractivity contribution in [1.29, 1.82) is 0 Å². The second-order valence-corrected chi connectivity index (χ2v) is 6.43. The zero-order valence-corrected chi connectivity index (χ0v) is 13.0. The summed E-state index contributed by atoms with van der Waals surface area (Å²) in [6.07, 6.45) is 0.460. The average molecular weight is 300 g/mol. The van der Waals surface area contributed by atoms with Crippen LogP contribution in [0, 0.1) is 5.92 Å². The standard InChI is InChI=1S/C15H24O6/c1-6-9(7-11(16)17)12-13(21-15(4,5)20-12)10-8-18-14(2,3)19-10/h6,9-10,12-13H,1,7-8H2,2-5H3,(H,16,17)/t9?,10-,12-,13-/m1/s1. The highest BCUT2D eigenvalue weighted by molar-refractivity contribution is 5.67. The monoisotopic (exact) mass is 300 g/mol. The molecule has 2 aliphatic heterocycles. The van der Waals surface area contributed by atoms with Gasteiger partial charge < -0.3 is 24.1 Å². The van der Waals surface area contributed by atoms with Gasteiger partial charge in [-0.2, -0.15) is 0 Å². The minimum atomic E-state index is -0.893. The first-order valence-corrected chi connectivity index (χ1v) is 7.15. The van der Waals surface area contributed by atoms with E-state index in [9.17, 15) is 4.79 Å². The van der Waals surface area contributed by atoms with E-state index in [1.807, 2.05) is 27.7 Å². The largest absolute Gasteiger partial charge is 0.481 e. The molecule has 4 atom stereocenters. The molecule has 6 nitrogen and oxygen atoms in total. The SMILES string of the molecule is C=CC(CC(=O)O)[C@H]1OC(C)(C)O[C@@H]1[C@H]1COC(C)(C)O1. The predicted molar refractivity (Wildman–Crippen MR) is 74.7 cm³/mol. The van der Waals surface area contributed by atoms with Crippen LogP contribution in [0.3, 0.4) is 0 Å². The Labute approximate surface area is 125 Å². The van der Waals surface area contributed by atoms with Gasteiger partial charge in [0.25, 0.3) is 0 Å². The second kappa shape index (κ2) is 5.68. The molecule has 0 radical (unpaired) electrons. The van der Waals surface area contributed by atoms with Gasteiger partial charge in [0.2, 0.25) is 0 Å². The molecule has 0 amide bonds. The lowest BCUT2D eigenvalue weighted by Gasteiger charge is -2.26. The van der Waals surface area contributed by atoms with E-state index >= 15 is 0 Å². The predicted octanol–water partition coefficient (Wildman–Crippen LogP) is 1.93. The quantitative estimate of drug-likeness (QED) is 0.782. The van der Waals surface area contributed by atoms with Crippen LogP contribution in [0.5, 0.6) is 0 Å². The number of carbonyl (C=O) groups is 1. The number of carboxylic acids is 1. The van der Waals surface area contributed by atoms with Gasteiger partial charge in [0.15, 0.2) is 11.6 Å². The Hall–Kier alpha value is -0.950. The van der Waals surface area contributed by atoms with Crippen molar-refractivity contribution in [3.63, 3.8) is 0 Å². The van der Waals surface area contributed by atoms with Gasteiger partial charge in [0, 0.05) is 5.92 Å². The molecule has 0 bridgehead atoms. The summed E-state index contributed by atoms with van der Waals surface area (Å²) in [5.74, 6) is -2.69. The number of hydrogen-bond acceptors (Lipinski definition) is 5. The summed E-state index contributed by atoms with van der Waals surface area (Å²) >= 11 is 0. The summed E-state index contributed by atoms with van der Waals surface area (Å²) in [5, 5.41) is 9.04. The molecule has 2 fully saturated rings. The Morgan fingerprint density at radius 3 is 2.43 bits per heavy atom. The van der Waals surface area contributed by atoms with Gasteiger partial charge >= 0.3 is 5.97 Å². The summed E-state index contributed by atoms with van der Waals surface area (Å²) in [7, 11) is 0. The lowest BCUT2D eigenvalue weighted by atomic mass is 9.92. The maximum atomic E-state index is 11.0. The third-order valence-corrected chi connectivity index (χ3v) is 3.70. The molecular weight excluding hydrogens is 276 g/mol. The molecule has 120 valence electrons. The van der Waals surface area contributed by atoms with Gasteiger partial charge in [-0.05, 0) is 27.7 Å². The maximum Gasteiger partial charge on any atom is 0.304 e. The van der Waals surface area contributed by atoms with Crippen molar-refractivity contribution in [1.82, 2.24) is 0 Å². The van der Waals surface area contributed by atoms with E-state index in [2.05, 4.69) is 6.58 Å². The molecule has 0 aliphatic carbocycles. The molecule has 1 unspecified atom stereocenters. The van der Waals surface area contributed by atoms with E-state index in [1.165, 1.54) is 0 Å². The lowest BCUT2D eigenvalue weighted by molar-refractivity contribution is -0.175. The molecule has 21 heavy (non-hydrogen) atoms. The summed E-state index contributed by atoms with van der Waals surface area (Å²) in [4.78, 5) is 11.0. The van der Waals surface area contributed by atoms with Crippen LogP contribution in [0.4, 0.5) is 0 Å². The number of aliphatic carboxylic acids is 1. The van der Waals surface area contributed by atoms with Gasteiger partial charge in [0.1, 0.15) is 12.2 Å². The zero-order valence-electron chi connectivity index (χ0n) is 13.0. The van der Waals surface area contributed by atoms with Crippen molar-refractivity contribution in [3.8, 4) is 0 Å². The smallest absolute Gasteiger partial charge is 0.304 e. The van der Waals surface area contributed by atoms with Gasteiger partial charge in [-0.1, -0.05) is 6.08 Å². The van der Waals surface area contributed by atoms with Gasteiger partial charge in [-0.15, -0.1) is 6.58 Å². The number of rotatable bonds is 5. The zero-order chi connectivity index (χ0) is 15.8. The first kappa shape index (κ1) is 16.4. The Morgan fingerprint density at radius 2 is 1.95 bits per heavy atom. The number of ether oxygens (including phenoxy) is 4. The second-order valence-electron chi connectivity index (χ2n) is 6.43. The van der Waals surface area contributed by atoms with E-state index in [4.69, 9.17) is 24.1 Å². The van der Waals surface area contributed by atoms with Crippen LogP contribution in [-0.2, 0) is 23.7 Å². The average Bonchev–Trinajstić information content (AvgIpc) is 2.85. The molecule has 1 N–H and O–H groups in total. The number of carboxylic acid groups (broad SMARTS) is 1. The van der Waals surface area contributed by atoms with Crippen LogP contribution in [0.1, 0.15) is 34.1 Å². The normalized spacial score (nSPS) is 35.5. The fourth-order valence-electron chi connectivity index (χ4n) is 2.85. The van der Waals surface area contributed by atoms with E-state index in [1.54, 1.807) is 6.08 Å². The fraction of sp³-hybridized carbons (Fsp3) is 0.800. The van der Waals surface area contributed by atoms with Crippen molar-refractivity contribution < 1.29 is 28.8 Å². The van der Waals surface area contributed by atoms with Crippen molar-refractivity contribution in [3.05, 3.63) is 12.7 Å². The highest BCUT2D eigenvalue weighted by Crippen LogP contribution is 2.39. The summed E-state index contributed by atoms with van der Waals surface area (Å²) in [6.45, 7) is 11.4. The highest BCUT2D eigenvalue weighted by Gasteiger charge is 2.51. The van der Waals surface area contributed by atoms with Gasteiger partial charge in [0.05, 0.1) is 19.1 Å². The van der Waals surface area contributed by atoms with Crippen LogP contribution in [0.25, 0.3) is 0 Å². The molecule has 2 aliphatic rings. The minimum Gasteiger partial charge on any atom is -0.481 e. The molecule has 2 rings (SSSR count). The van der Waals surface area contributed by atoms with Gasteiger partial charge in [-0.3, -0.25) is 4.79 Å². The molecule has 2 saturated heterocycles. The van der Waals surface area contributed by atoms with Crippen molar-refractivity contribution in [2.45, 2.75) is 64.0 Å². The van der Waals surface area contributed by atoms with Crippen molar-refractivity contribution >= 4 is 5.97 Å². The maximum absolute atomic E-state index is 11.0. The molecule has 6 heteroatoms. The van der Waals surface area contributed by atoms with Gasteiger partial charge in [-0.25, -0.2) is 0 Å². The first-order chi connectivity index (χ1) is 9.63. The summed E-state index contributed by atoms with van der Waals surface area (Å²) in [5.41, 5.74) is 0. The van der Waals surface area contributed by atoms with Crippen LogP contribution in [0.2, 0.25) is 0 Å². The first-order valence-electron chi connectivity index (χ1n) is 7.15. The number of hydrogen-bond donors (Lipinski definition) is 1. The Morgan fingerprint density at radius 1 is 1.29 bits per heavy atom. The van der Waals surface area contributed by atoms with E-state index < -0.39 is 23.6 Å².